The minimum Gasteiger partial charge on any atom is -0.430 e. The molecule has 3 aromatic rings. The normalized spacial score (nSPS) is 11.8. The van der Waals surface area contributed by atoms with Crippen molar-refractivity contribution in [3.63, 3.8) is 0 Å². The zero-order chi connectivity index (χ0) is 15.9. The maximum Gasteiger partial charge on any atom is 0.323 e. The van der Waals surface area contributed by atoms with E-state index in [1.165, 1.54) is 24.0 Å². The van der Waals surface area contributed by atoms with Crippen LogP contribution in [0.5, 0.6) is 0 Å². The Morgan fingerprint density at radius 1 is 1.41 bits per heavy atom. The predicted molar refractivity (Wildman–Crippen MR) is 72.8 cm³/mol. The molecule has 3 rings (SSSR count). The second-order valence-corrected chi connectivity index (χ2v) is 4.77. The van der Waals surface area contributed by atoms with Crippen LogP contribution in [0.3, 0.4) is 0 Å². The van der Waals surface area contributed by atoms with Gasteiger partial charge in [0, 0.05) is 31.5 Å². The number of aromatic nitrogens is 4. The van der Waals surface area contributed by atoms with E-state index in [1.807, 2.05) is 0 Å². The van der Waals surface area contributed by atoms with Crippen molar-refractivity contribution in [1.82, 2.24) is 19.7 Å². The van der Waals surface area contributed by atoms with Crippen LogP contribution in [0.1, 0.15) is 19.5 Å². The summed E-state index contributed by atoms with van der Waals surface area (Å²) in [6, 6.07) is 1.46. The second-order valence-electron chi connectivity index (χ2n) is 4.77. The van der Waals surface area contributed by atoms with Crippen LogP contribution in [0.2, 0.25) is 0 Å². The van der Waals surface area contributed by atoms with E-state index in [1.54, 1.807) is 6.07 Å². The molecule has 0 aliphatic heterocycles. The number of carbonyl (C=O) groups excluding carboxylic acids is 1. The molecule has 114 valence electrons. The Bertz CT molecular complexity index is 850. The molecule has 0 aliphatic carbocycles. The molecule has 0 atom stereocenters. The largest absolute Gasteiger partial charge is 0.430 e. The third-order valence-corrected chi connectivity index (χ3v) is 2.88. The van der Waals surface area contributed by atoms with Gasteiger partial charge in [0.25, 0.3) is 5.92 Å². The van der Waals surface area contributed by atoms with Gasteiger partial charge in [0.2, 0.25) is 5.91 Å². The maximum atomic E-state index is 13.2. The summed E-state index contributed by atoms with van der Waals surface area (Å²) in [4.78, 5) is 18.9. The van der Waals surface area contributed by atoms with Gasteiger partial charge in [-0.05, 0) is 0 Å². The van der Waals surface area contributed by atoms with Crippen molar-refractivity contribution in [2.45, 2.75) is 19.8 Å². The number of anilines is 1. The zero-order valence-corrected chi connectivity index (χ0v) is 11.7. The lowest BCUT2D eigenvalue weighted by Crippen LogP contribution is -2.08. The molecule has 7 nitrogen and oxygen atoms in total. The van der Waals surface area contributed by atoms with Crippen LogP contribution < -0.4 is 5.32 Å². The molecule has 3 aromatic heterocycles. The number of pyridine rings is 1. The molecule has 0 unspecified atom stereocenters. The number of nitrogens with zero attached hydrogens (tertiary/aromatic N) is 4. The highest BCUT2D eigenvalue weighted by Crippen LogP contribution is 2.27. The molecule has 1 N–H and O–H groups in total. The molecule has 3 heterocycles. The van der Waals surface area contributed by atoms with Gasteiger partial charge >= 0.3 is 6.01 Å². The number of fused-ring (bicyclic) bond motifs is 1. The molecule has 0 aromatic carbocycles. The van der Waals surface area contributed by atoms with Gasteiger partial charge in [-0.25, -0.2) is 4.98 Å². The van der Waals surface area contributed by atoms with Crippen LogP contribution in [0.4, 0.5) is 14.6 Å². The van der Waals surface area contributed by atoms with E-state index < -0.39 is 11.6 Å². The Morgan fingerprint density at radius 2 is 2.18 bits per heavy atom. The highest BCUT2D eigenvalue weighted by atomic mass is 19.3. The Morgan fingerprint density at radius 3 is 2.82 bits per heavy atom. The Hall–Kier alpha value is -2.84. The summed E-state index contributed by atoms with van der Waals surface area (Å²) < 4.78 is 32.8. The van der Waals surface area contributed by atoms with E-state index in [0.717, 1.165) is 13.2 Å². The third kappa shape index (κ3) is 2.52. The average molecular weight is 307 g/mol. The van der Waals surface area contributed by atoms with E-state index >= 15 is 0 Å². The summed E-state index contributed by atoms with van der Waals surface area (Å²) in [6.45, 7) is 2.08. The van der Waals surface area contributed by atoms with Gasteiger partial charge in [-0.2, -0.15) is 23.5 Å². The van der Waals surface area contributed by atoms with Gasteiger partial charge in [-0.1, -0.05) is 0 Å². The molecule has 22 heavy (non-hydrogen) atoms. The summed E-state index contributed by atoms with van der Waals surface area (Å²) >= 11 is 0. The highest BCUT2D eigenvalue weighted by Gasteiger charge is 2.29. The maximum absolute atomic E-state index is 13.2. The summed E-state index contributed by atoms with van der Waals surface area (Å²) in [5.74, 6) is -3.07. The van der Waals surface area contributed by atoms with Crippen molar-refractivity contribution < 1.29 is 18.0 Å². The SMILES string of the molecule is CC(=O)Nc1cc2c(cn1)cnn2-c1nc(C(C)(F)F)co1. The van der Waals surface area contributed by atoms with Crippen molar-refractivity contribution in [1.29, 1.82) is 0 Å². The molecule has 0 aliphatic rings. The molecule has 0 bridgehead atoms. The number of carbonyl (C=O) groups is 1. The number of nitrogens with one attached hydrogen (secondary N) is 1. The predicted octanol–water partition coefficient (Wildman–Crippen LogP) is 2.48. The van der Waals surface area contributed by atoms with Crippen LogP contribution in [0.25, 0.3) is 16.9 Å². The fourth-order valence-corrected chi connectivity index (χ4v) is 1.88. The molecular formula is C13H11F2N5O2. The summed E-state index contributed by atoms with van der Waals surface area (Å²) in [7, 11) is 0. The molecule has 1 amide bonds. The lowest BCUT2D eigenvalue weighted by atomic mass is 10.3. The van der Waals surface area contributed by atoms with Gasteiger partial charge in [-0.15, -0.1) is 0 Å². The first-order chi connectivity index (χ1) is 10.3. The van der Waals surface area contributed by atoms with Gasteiger partial charge in [0.15, 0.2) is 0 Å². The van der Waals surface area contributed by atoms with Crippen molar-refractivity contribution in [3.8, 4) is 6.01 Å². The van der Waals surface area contributed by atoms with E-state index in [-0.39, 0.29) is 11.9 Å². The monoisotopic (exact) mass is 307 g/mol. The Labute approximate surface area is 123 Å². The fraction of sp³-hybridized carbons (Fsp3) is 0.231. The number of amides is 1. The number of hydrogen-bond acceptors (Lipinski definition) is 5. The number of rotatable bonds is 3. The molecule has 0 saturated heterocycles. The van der Waals surface area contributed by atoms with Gasteiger partial charge < -0.3 is 9.73 Å². The highest BCUT2D eigenvalue weighted by molar-refractivity contribution is 5.90. The molecule has 0 fully saturated rings. The van der Waals surface area contributed by atoms with E-state index in [2.05, 4.69) is 20.4 Å². The van der Waals surface area contributed by atoms with Crippen LogP contribution in [0.15, 0.2) is 29.1 Å². The van der Waals surface area contributed by atoms with Crippen molar-refractivity contribution in [2.75, 3.05) is 5.32 Å². The minimum atomic E-state index is -3.10. The second kappa shape index (κ2) is 4.86. The fourth-order valence-electron chi connectivity index (χ4n) is 1.88. The molecule has 9 heteroatoms. The standard InChI is InChI=1S/C13H11F2N5O2/c1-7(21)18-11-3-9-8(4-16-11)5-17-20(9)12-19-10(6-22-12)13(2,14)15/h3-6H,1-2H3,(H,16,18,21). The zero-order valence-electron chi connectivity index (χ0n) is 11.7. The first-order valence-corrected chi connectivity index (χ1v) is 6.30. The van der Waals surface area contributed by atoms with Gasteiger partial charge in [-0.3, -0.25) is 4.79 Å². The first kappa shape index (κ1) is 14.1. The topological polar surface area (TPSA) is 85.8 Å². The smallest absolute Gasteiger partial charge is 0.323 e. The van der Waals surface area contributed by atoms with Crippen LogP contribution in [-0.2, 0) is 10.7 Å². The molecule has 0 saturated carbocycles. The summed E-state index contributed by atoms with van der Waals surface area (Å²) in [5.41, 5.74) is 0.0360. The van der Waals surface area contributed by atoms with Crippen molar-refractivity contribution in [3.05, 3.63) is 30.4 Å². The van der Waals surface area contributed by atoms with Crippen LogP contribution in [0, 0.1) is 0 Å². The lowest BCUT2D eigenvalue weighted by Gasteiger charge is -2.03. The van der Waals surface area contributed by atoms with Crippen molar-refractivity contribution >= 4 is 22.6 Å². The number of halogens is 2. The van der Waals surface area contributed by atoms with Crippen LogP contribution >= 0.6 is 0 Å². The summed E-state index contributed by atoms with van der Waals surface area (Å²) in [5, 5.41) is 7.23. The number of alkyl halides is 2. The number of hydrogen-bond donors (Lipinski definition) is 1. The van der Waals surface area contributed by atoms with Crippen molar-refractivity contribution in [2.24, 2.45) is 0 Å². The van der Waals surface area contributed by atoms with E-state index in [4.69, 9.17) is 4.42 Å². The summed E-state index contributed by atoms with van der Waals surface area (Å²) in [6.07, 6.45) is 3.88. The minimum absolute atomic E-state index is 0.0912. The van der Waals surface area contributed by atoms with E-state index in [9.17, 15) is 13.6 Å². The third-order valence-electron chi connectivity index (χ3n) is 2.88. The first-order valence-electron chi connectivity index (χ1n) is 6.30. The van der Waals surface area contributed by atoms with E-state index in [0.29, 0.717) is 16.7 Å². The average Bonchev–Trinajstić information content (AvgIpc) is 3.02. The molecular weight excluding hydrogens is 296 g/mol. The quantitative estimate of drug-likeness (QED) is 0.803. The Kier molecular flexibility index (Phi) is 3.12. The number of oxazole rings is 1. The molecule has 0 radical (unpaired) electrons. The van der Waals surface area contributed by atoms with Crippen LogP contribution in [-0.4, -0.2) is 25.7 Å². The lowest BCUT2D eigenvalue weighted by molar-refractivity contribution is -0.114. The molecule has 0 spiro atoms. The van der Waals surface area contributed by atoms with Gasteiger partial charge in [0.05, 0.1) is 11.7 Å². The van der Waals surface area contributed by atoms with Gasteiger partial charge in [0.1, 0.15) is 17.8 Å². The Balaban J connectivity index is 2.07.